The van der Waals surface area contributed by atoms with Gasteiger partial charge in [-0.15, -0.1) is 12.4 Å². The third kappa shape index (κ3) is 5.36. The summed E-state index contributed by atoms with van der Waals surface area (Å²) in [7, 11) is 3.26. The summed E-state index contributed by atoms with van der Waals surface area (Å²) < 4.78 is 10.2. The highest BCUT2D eigenvalue weighted by Crippen LogP contribution is 2.28. The van der Waals surface area contributed by atoms with Crippen LogP contribution in [0.1, 0.15) is 11.1 Å². The van der Waals surface area contributed by atoms with Gasteiger partial charge in [-0.1, -0.05) is 6.07 Å². The van der Waals surface area contributed by atoms with Gasteiger partial charge in [-0.2, -0.15) is 0 Å². The van der Waals surface area contributed by atoms with Crippen molar-refractivity contribution in [3.05, 3.63) is 23.3 Å². The Morgan fingerprint density at radius 3 is 2.55 bits per heavy atom. The number of hydrogen-bond donors (Lipinski definition) is 2. The first-order valence-electron chi connectivity index (χ1n) is 6.23. The standard InChI is InChI=1S/C14H22N2O3.ClH/c1-10-5-6-12(11(2)14(10)19-4)16-13(17)9-15-7-8-18-3;/h5-6,15H,7-9H2,1-4H3,(H,16,17);1H. The molecule has 0 heterocycles. The molecule has 5 nitrogen and oxygen atoms in total. The fraction of sp³-hybridized carbons (Fsp3) is 0.500. The molecule has 0 saturated carbocycles. The topological polar surface area (TPSA) is 59.6 Å². The molecule has 0 saturated heterocycles. The van der Waals surface area contributed by atoms with E-state index in [0.29, 0.717) is 13.2 Å². The number of rotatable bonds is 7. The van der Waals surface area contributed by atoms with Crippen LogP contribution in [0.2, 0.25) is 0 Å². The smallest absolute Gasteiger partial charge is 0.238 e. The second-order valence-electron chi connectivity index (χ2n) is 4.31. The molecule has 0 radical (unpaired) electrons. The molecule has 2 N–H and O–H groups in total. The Bertz CT molecular complexity index is 439. The highest BCUT2D eigenvalue weighted by molar-refractivity contribution is 5.93. The van der Waals surface area contributed by atoms with E-state index in [1.165, 1.54) is 0 Å². The van der Waals surface area contributed by atoms with E-state index >= 15 is 0 Å². The summed E-state index contributed by atoms with van der Waals surface area (Å²) in [6.45, 7) is 5.41. The fourth-order valence-corrected chi connectivity index (χ4v) is 1.85. The minimum absolute atomic E-state index is 0. The van der Waals surface area contributed by atoms with E-state index in [4.69, 9.17) is 9.47 Å². The molecule has 0 atom stereocenters. The summed E-state index contributed by atoms with van der Waals surface area (Å²) in [4.78, 5) is 11.8. The maximum absolute atomic E-state index is 11.8. The normalized spacial score (nSPS) is 9.80. The first kappa shape index (κ1) is 18.7. The van der Waals surface area contributed by atoms with Crippen LogP contribution < -0.4 is 15.4 Å². The van der Waals surface area contributed by atoms with Crippen LogP contribution in [0.3, 0.4) is 0 Å². The number of halogens is 1. The van der Waals surface area contributed by atoms with Gasteiger partial charge in [-0.25, -0.2) is 0 Å². The lowest BCUT2D eigenvalue weighted by molar-refractivity contribution is -0.115. The summed E-state index contributed by atoms with van der Waals surface area (Å²) >= 11 is 0. The van der Waals surface area contributed by atoms with Crippen molar-refractivity contribution in [2.24, 2.45) is 0 Å². The summed E-state index contributed by atoms with van der Waals surface area (Å²) in [5, 5.41) is 5.86. The lowest BCUT2D eigenvalue weighted by Crippen LogP contribution is -2.30. The lowest BCUT2D eigenvalue weighted by Gasteiger charge is -2.14. The molecule has 0 aliphatic carbocycles. The molecule has 0 bridgehead atoms. The second kappa shape index (κ2) is 9.58. The monoisotopic (exact) mass is 302 g/mol. The molecule has 1 amide bonds. The van der Waals surface area contributed by atoms with Gasteiger partial charge in [0.05, 0.1) is 20.3 Å². The van der Waals surface area contributed by atoms with E-state index < -0.39 is 0 Å². The van der Waals surface area contributed by atoms with Crippen molar-refractivity contribution in [1.82, 2.24) is 5.32 Å². The number of benzene rings is 1. The molecule has 0 aromatic heterocycles. The third-order valence-electron chi connectivity index (χ3n) is 2.85. The van der Waals surface area contributed by atoms with Crippen molar-refractivity contribution >= 4 is 24.0 Å². The first-order chi connectivity index (χ1) is 9.10. The number of aryl methyl sites for hydroxylation is 1. The molecule has 0 aliphatic heterocycles. The molecule has 0 aliphatic rings. The minimum Gasteiger partial charge on any atom is -0.496 e. The molecular formula is C14H23ClN2O3. The summed E-state index contributed by atoms with van der Waals surface area (Å²) in [5.41, 5.74) is 2.77. The van der Waals surface area contributed by atoms with Gasteiger partial charge in [0.15, 0.2) is 0 Å². The van der Waals surface area contributed by atoms with Crippen molar-refractivity contribution < 1.29 is 14.3 Å². The van der Waals surface area contributed by atoms with Gasteiger partial charge >= 0.3 is 0 Å². The molecule has 20 heavy (non-hydrogen) atoms. The van der Waals surface area contributed by atoms with E-state index in [1.54, 1.807) is 14.2 Å². The zero-order valence-corrected chi connectivity index (χ0v) is 13.2. The number of carbonyl (C=O) groups is 1. The Kier molecular flexibility index (Phi) is 8.96. The number of ether oxygens (including phenoxy) is 2. The molecule has 1 aromatic carbocycles. The lowest BCUT2D eigenvalue weighted by atomic mass is 10.1. The minimum atomic E-state index is -0.0786. The molecule has 0 unspecified atom stereocenters. The molecule has 1 aromatic rings. The third-order valence-corrected chi connectivity index (χ3v) is 2.85. The zero-order chi connectivity index (χ0) is 14.3. The molecule has 0 spiro atoms. The van der Waals surface area contributed by atoms with Crippen LogP contribution in [0, 0.1) is 13.8 Å². The molecular weight excluding hydrogens is 280 g/mol. The largest absolute Gasteiger partial charge is 0.496 e. The summed E-state index contributed by atoms with van der Waals surface area (Å²) in [6.07, 6.45) is 0. The maximum atomic E-state index is 11.8. The number of anilines is 1. The molecule has 114 valence electrons. The quantitative estimate of drug-likeness (QED) is 0.755. The predicted molar refractivity (Wildman–Crippen MR) is 83.1 cm³/mol. The Morgan fingerprint density at radius 1 is 1.25 bits per heavy atom. The number of nitrogens with one attached hydrogen (secondary N) is 2. The van der Waals surface area contributed by atoms with E-state index in [2.05, 4.69) is 10.6 Å². The van der Waals surface area contributed by atoms with Crippen molar-refractivity contribution in [3.63, 3.8) is 0 Å². The number of amides is 1. The van der Waals surface area contributed by atoms with Crippen LogP contribution in [0.15, 0.2) is 12.1 Å². The van der Waals surface area contributed by atoms with E-state index in [0.717, 1.165) is 22.6 Å². The van der Waals surface area contributed by atoms with Crippen LogP contribution >= 0.6 is 12.4 Å². The van der Waals surface area contributed by atoms with Crippen LogP contribution in [-0.2, 0) is 9.53 Å². The Hall–Kier alpha value is -1.30. The first-order valence-corrected chi connectivity index (χ1v) is 6.23. The molecule has 1 rings (SSSR count). The predicted octanol–water partition coefficient (Wildman–Crippen LogP) is 1.91. The summed E-state index contributed by atoms with van der Waals surface area (Å²) in [6, 6.07) is 3.82. The van der Waals surface area contributed by atoms with Gasteiger partial charge in [0.1, 0.15) is 5.75 Å². The van der Waals surface area contributed by atoms with Crippen molar-refractivity contribution in [2.45, 2.75) is 13.8 Å². The number of carbonyl (C=O) groups excluding carboxylic acids is 1. The maximum Gasteiger partial charge on any atom is 0.238 e. The second-order valence-corrected chi connectivity index (χ2v) is 4.31. The Balaban J connectivity index is 0.00000361. The molecule has 6 heteroatoms. The zero-order valence-electron chi connectivity index (χ0n) is 12.4. The van der Waals surface area contributed by atoms with Crippen LogP contribution in [0.5, 0.6) is 5.75 Å². The Labute approximate surface area is 126 Å². The van der Waals surface area contributed by atoms with E-state index in [1.807, 2.05) is 26.0 Å². The summed E-state index contributed by atoms with van der Waals surface area (Å²) in [5.74, 6) is 0.732. The highest BCUT2D eigenvalue weighted by atomic mass is 35.5. The van der Waals surface area contributed by atoms with Gasteiger partial charge in [-0.05, 0) is 25.5 Å². The van der Waals surface area contributed by atoms with Crippen molar-refractivity contribution in [1.29, 1.82) is 0 Å². The van der Waals surface area contributed by atoms with Gasteiger partial charge in [-0.3, -0.25) is 4.79 Å². The van der Waals surface area contributed by atoms with Gasteiger partial charge in [0, 0.05) is 24.9 Å². The molecule has 0 fully saturated rings. The van der Waals surface area contributed by atoms with Crippen molar-refractivity contribution in [2.75, 3.05) is 39.2 Å². The fourth-order valence-electron chi connectivity index (χ4n) is 1.85. The average Bonchev–Trinajstić information content (AvgIpc) is 2.39. The van der Waals surface area contributed by atoms with Crippen LogP contribution in [0.25, 0.3) is 0 Å². The number of methoxy groups -OCH3 is 2. The van der Waals surface area contributed by atoms with Gasteiger partial charge in [0.25, 0.3) is 0 Å². The van der Waals surface area contributed by atoms with E-state index in [9.17, 15) is 4.79 Å². The van der Waals surface area contributed by atoms with Crippen LogP contribution in [-0.4, -0.2) is 39.8 Å². The average molecular weight is 303 g/mol. The van der Waals surface area contributed by atoms with Gasteiger partial charge in [0.2, 0.25) is 5.91 Å². The SMILES string of the molecule is COCCNCC(=O)Nc1ccc(C)c(OC)c1C.Cl. The van der Waals surface area contributed by atoms with E-state index in [-0.39, 0.29) is 24.9 Å². The van der Waals surface area contributed by atoms with Crippen LogP contribution in [0.4, 0.5) is 5.69 Å². The number of hydrogen-bond acceptors (Lipinski definition) is 4. The highest BCUT2D eigenvalue weighted by Gasteiger charge is 2.10. The van der Waals surface area contributed by atoms with Crippen molar-refractivity contribution in [3.8, 4) is 5.75 Å². The Morgan fingerprint density at radius 2 is 1.95 bits per heavy atom. The van der Waals surface area contributed by atoms with Gasteiger partial charge < -0.3 is 20.1 Å².